The smallest absolute Gasteiger partial charge is 0.257 e. The molecule has 0 saturated carbocycles. The number of anilines is 1. The topological polar surface area (TPSA) is 76.7 Å². The quantitative estimate of drug-likeness (QED) is 0.746. The standard InChI is InChI=1S/C20H19ClN2O4/c1-3-22-19(24)11-27-17-7-4-12(9-18(17)26-2)8-15-14-6-5-13(21)10-16(14)23-20(15)25/h4-10H,3,11H2,1-2H3,(H,22,24)(H,23,25)/b15-8+. The van der Waals surface area contributed by atoms with Crippen LogP contribution in [0.15, 0.2) is 36.4 Å². The van der Waals surface area contributed by atoms with Crippen molar-refractivity contribution in [3.8, 4) is 11.5 Å². The van der Waals surface area contributed by atoms with Crippen LogP contribution in [0.2, 0.25) is 5.02 Å². The monoisotopic (exact) mass is 386 g/mol. The van der Waals surface area contributed by atoms with E-state index in [-0.39, 0.29) is 18.4 Å². The normalized spacial score (nSPS) is 13.9. The lowest BCUT2D eigenvalue weighted by Gasteiger charge is -2.11. The predicted octanol–water partition coefficient (Wildman–Crippen LogP) is 3.36. The van der Waals surface area contributed by atoms with Crippen molar-refractivity contribution in [1.29, 1.82) is 0 Å². The second kappa shape index (κ2) is 8.14. The predicted molar refractivity (Wildman–Crippen MR) is 105 cm³/mol. The van der Waals surface area contributed by atoms with E-state index >= 15 is 0 Å². The number of ether oxygens (including phenoxy) is 2. The molecule has 1 aliphatic rings. The van der Waals surface area contributed by atoms with Gasteiger partial charge in [0, 0.05) is 22.7 Å². The summed E-state index contributed by atoms with van der Waals surface area (Å²) in [5.41, 5.74) is 2.79. The van der Waals surface area contributed by atoms with E-state index in [1.807, 2.05) is 13.0 Å². The van der Waals surface area contributed by atoms with Crippen molar-refractivity contribution in [3.63, 3.8) is 0 Å². The van der Waals surface area contributed by atoms with Crippen LogP contribution in [-0.4, -0.2) is 32.1 Å². The minimum absolute atomic E-state index is 0.0961. The molecule has 2 aromatic carbocycles. The summed E-state index contributed by atoms with van der Waals surface area (Å²) in [6, 6.07) is 10.5. The van der Waals surface area contributed by atoms with Gasteiger partial charge in [0.2, 0.25) is 0 Å². The summed E-state index contributed by atoms with van der Waals surface area (Å²) in [6.45, 7) is 2.29. The van der Waals surface area contributed by atoms with Gasteiger partial charge in [0.15, 0.2) is 18.1 Å². The number of amides is 2. The van der Waals surface area contributed by atoms with Gasteiger partial charge in [-0.1, -0.05) is 23.7 Å². The van der Waals surface area contributed by atoms with E-state index in [0.717, 1.165) is 11.1 Å². The summed E-state index contributed by atoms with van der Waals surface area (Å²) in [4.78, 5) is 23.8. The molecular formula is C20H19ClN2O4. The minimum Gasteiger partial charge on any atom is -0.493 e. The number of nitrogens with one attached hydrogen (secondary N) is 2. The van der Waals surface area contributed by atoms with Crippen LogP contribution in [0.3, 0.4) is 0 Å². The Morgan fingerprint density at radius 3 is 2.78 bits per heavy atom. The third-order valence-electron chi connectivity index (χ3n) is 4.00. The van der Waals surface area contributed by atoms with E-state index in [1.54, 1.807) is 36.4 Å². The molecule has 0 spiro atoms. The van der Waals surface area contributed by atoms with Crippen LogP contribution in [0, 0.1) is 0 Å². The SMILES string of the molecule is CCNC(=O)COc1ccc(/C=C2/C(=O)Nc3cc(Cl)ccc32)cc1OC. The average molecular weight is 387 g/mol. The lowest BCUT2D eigenvalue weighted by atomic mass is 10.0. The van der Waals surface area contributed by atoms with Gasteiger partial charge >= 0.3 is 0 Å². The molecule has 0 atom stereocenters. The second-order valence-electron chi connectivity index (χ2n) is 5.85. The zero-order valence-corrected chi connectivity index (χ0v) is 15.7. The van der Waals surface area contributed by atoms with E-state index in [2.05, 4.69) is 10.6 Å². The summed E-state index contributed by atoms with van der Waals surface area (Å²) in [7, 11) is 1.52. The molecular weight excluding hydrogens is 368 g/mol. The van der Waals surface area contributed by atoms with E-state index in [1.165, 1.54) is 7.11 Å². The molecule has 0 aliphatic carbocycles. The number of rotatable bonds is 6. The average Bonchev–Trinajstić information content (AvgIpc) is 2.95. The largest absolute Gasteiger partial charge is 0.493 e. The maximum atomic E-state index is 12.3. The molecule has 2 N–H and O–H groups in total. The van der Waals surface area contributed by atoms with Gasteiger partial charge in [0.1, 0.15) is 0 Å². The molecule has 0 aromatic heterocycles. The van der Waals surface area contributed by atoms with Crippen molar-refractivity contribution in [1.82, 2.24) is 5.32 Å². The van der Waals surface area contributed by atoms with Crippen molar-refractivity contribution in [2.24, 2.45) is 0 Å². The molecule has 0 fully saturated rings. The third-order valence-corrected chi connectivity index (χ3v) is 4.23. The van der Waals surface area contributed by atoms with Crippen LogP contribution in [0.1, 0.15) is 18.1 Å². The van der Waals surface area contributed by atoms with Gasteiger partial charge in [0.25, 0.3) is 11.8 Å². The fraction of sp³-hybridized carbons (Fsp3) is 0.200. The van der Waals surface area contributed by atoms with Crippen LogP contribution in [0.4, 0.5) is 5.69 Å². The van der Waals surface area contributed by atoms with E-state index < -0.39 is 0 Å². The van der Waals surface area contributed by atoms with Crippen molar-refractivity contribution in [2.45, 2.75) is 6.92 Å². The number of fused-ring (bicyclic) bond motifs is 1. The van der Waals surface area contributed by atoms with Crippen molar-refractivity contribution in [3.05, 3.63) is 52.5 Å². The highest BCUT2D eigenvalue weighted by molar-refractivity contribution is 6.36. The first-order chi connectivity index (χ1) is 13.0. The molecule has 0 radical (unpaired) electrons. The summed E-state index contributed by atoms with van der Waals surface area (Å²) < 4.78 is 10.9. The molecule has 6 nitrogen and oxygen atoms in total. The van der Waals surface area contributed by atoms with E-state index in [0.29, 0.717) is 34.3 Å². The molecule has 0 unspecified atom stereocenters. The number of hydrogen-bond acceptors (Lipinski definition) is 4. The Labute approximate surface area is 162 Å². The number of methoxy groups -OCH3 is 1. The Balaban J connectivity index is 1.85. The molecule has 140 valence electrons. The van der Waals surface area contributed by atoms with Gasteiger partial charge < -0.3 is 20.1 Å². The van der Waals surface area contributed by atoms with Crippen LogP contribution in [0.5, 0.6) is 11.5 Å². The molecule has 1 heterocycles. The number of benzene rings is 2. The fourth-order valence-electron chi connectivity index (χ4n) is 2.76. The summed E-state index contributed by atoms with van der Waals surface area (Å²) in [6.07, 6.45) is 1.77. The minimum atomic E-state index is -0.205. The van der Waals surface area contributed by atoms with Crippen LogP contribution >= 0.6 is 11.6 Å². The Kier molecular flexibility index (Phi) is 5.66. The van der Waals surface area contributed by atoms with Crippen LogP contribution in [-0.2, 0) is 9.59 Å². The van der Waals surface area contributed by atoms with Crippen molar-refractivity contribution >= 4 is 40.8 Å². The molecule has 1 aliphatic heterocycles. The molecule has 2 amide bonds. The third kappa shape index (κ3) is 4.23. The Bertz CT molecular complexity index is 924. The van der Waals surface area contributed by atoms with Crippen LogP contribution in [0.25, 0.3) is 11.6 Å². The lowest BCUT2D eigenvalue weighted by molar-refractivity contribution is -0.123. The Hall–Kier alpha value is -2.99. The van der Waals surface area contributed by atoms with Gasteiger partial charge in [0.05, 0.1) is 12.8 Å². The number of halogens is 1. The number of carbonyl (C=O) groups excluding carboxylic acids is 2. The zero-order valence-electron chi connectivity index (χ0n) is 15.0. The van der Waals surface area contributed by atoms with Crippen LogP contribution < -0.4 is 20.1 Å². The Morgan fingerprint density at radius 1 is 1.22 bits per heavy atom. The summed E-state index contributed by atoms with van der Waals surface area (Å²) >= 11 is 5.98. The zero-order chi connectivity index (χ0) is 19.4. The van der Waals surface area contributed by atoms with Gasteiger partial charge in [-0.05, 0) is 42.8 Å². The van der Waals surface area contributed by atoms with Gasteiger partial charge in [-0.25, -0.2) is 0 Å². The Morgan fingerprint density at radius 2 is 2.04 bits per heavy atom. The highest BCUT2D eigenvalue weighted by atomic mass is 35.5. The maximum absolute atomic E-state index is 12.3. The van der Waals surface area contributed by atoms with Gasteiger partial charge in [-0.3, -0.25) is 9.59 Å². The highest BCUT2D eigenvalue weighted by Crippen LogP contribution is 2.36. The highest BCUT2D eigenvalue weighted by Gasteiger charge is 2.24. The number of carbonyl (C=O) groups is 2. The second-order valence-corrected chi connectivity index (χ2v) is 6.29. The lowest BCUT2D eigenvalue weighted by Crippen LogP contribution is -2.28. The first kappa shape index (κ1) is 18.8. The summed E-state index contributed by atoms with van der Waals surface area (Å²) in [5.74, 6) is 0.531. The fourth-order valence-corrected chi connectivity index (χ4v) is 2.93. The molecule has 0 saturated heterocycles. The number of hydrogen-bond donors (Lipinski definition) is 2. The van der Waals surface area contributed by atoms with Crippen molar-refractivity contribution < 1.29 is 19.1 Å². The molecule has 3 rings (SSSR count). The van der Waals surface area contributed by atoms with Crippen molar-refractivity contribution in [2.75, 3.05) is 25.6 Å². The first-order valence-corrected chi connectivity index (χ1v) is 8.80. The van der Waals surface area contributed by atoms with Gasteiger partial charge in [-0.15, -0.1) is 0 Å². The molecule has 7 heteroatoms. The molecule has 2 aromatic rings. The van der Waals surface area contributed by atoms with E-state index in [4.69, 9.17) is 21.1 Å². The first-order valence-electron chi connectivity index (χ1n) is 8.42. The maximum Gasteiger partial charge on any atom is 0.257 e. The van der Waals surface area contributed by atoms with E-state index in [9.17, 15) is 9.59 Å². The van der Waals surface area contributed by atoms with Gasteiger partial charge in [-0.2, -0.15) is 0 Å². The molecule has 0 bridgehead atoms. The summed E-state index contributed by atoms with van der Waals surface area (Å²) in [5, 5.41) is 6.02. The molecule has 27 heavy (non-hydrogen) atoms. The number of likely N-dealkylation sites (N-methyl/N-ethyl adjacent to an activating group) is 1.